The summed E-state index contributed by atoms with van der Waals surface area (Å²) in [6.45, 7) is 1.83. The van der Waals surface area contributed by atoms with Gasteiger partial charge in [0.2, 0.25) is 0 Å². The van der Waals surface area contributed by atoms with Gasteiger partial charge in [-0.2, -0.15) is 0 Å². The third-order valence-corrected chi connectivity index (χ3v) is 1.29. The first kappa shape index (κ1) is 9.62. The highest BCUT2D eigenvalue weighted by molar-refractivity contribution is 4.92. The number of hydrogen-bond donors (Lipinski definition) is 2. The van der Waals surface area contributed by atoms with Gasteiger partial charge in [0.1, 0.15) is 0 Å². The van der Waals surface area contributed by atoms with Gasteiger partial charge in [0.05, 0.1) is 18.8 Å². The van der Waals surface area contributed by atoms with Crippen LogP contribution in [-0.4, -0.2) is 31.0 Å². The summed E-state index contributed by atoms with van der Waals surface area (Å²) in [6.07, 6.45) is 3.50. The van der Waals surface area contributed by atoms with Crippen molar-refractivity contribution in [3.8, 4) is 0 Å². The minimum atomic E-state index is -0.318. The average Bonchev–Trinajstić information content (AvgIpc) is 1.99. The van der Waals surface area contributed by atoms with Crippen LogP contribution in [-0.2, 0) is 4.74 Å². The van der Waals surface area contributed by atoms with E-state index in [0.717, 1.165) is 0 Å². The Balaban J connectivity index is 3.79. The second-order valence-corrected chi connectivity index (χ2v) is 2.07. The maximum Gasteiger partial charge on any atom is 0.0925 e. The molecule has 0 bridgehead atoms. The average molecular weight is 145 g/mol. The molecule has 2 atom stereocenters. The van der Waals surface area contributed by atoms with Crippen LogP contribution in [0.4, 0.5) is 0 Å². The van der Waals surface area contributed by atoms with Gasteiger partial charge in [0.25, 0.3) is 0 Å². The predicted octanol–water partition coefficient (Wildman–Crippen LogP) is -0.103. The van der Waals surface area contributed by atoms with Crippen molar-refractivity contribution in [2.45, 2.75) is 19.1 Å². The van der Waals surface area contributed by atoms with E-state index in [1.54, 1.807) is 7.11 Å². The van der Waals surface area contributed by atoms with Gasteiger partial charge in [-0.25, -0.2) is 0 Å². The van der Waals surface area contributed by atoms with E-state index in [1.807, 2.05) is 19.1 Å². The lowest BCUT2D eigenvalue weighted by molar-refractivity contribution is 0.0928. The zero-order valence-corrected chi connectivity index (χ0v) is 6.45. The molecule has 3 N–H and O–H groups in total. The van der Waals surface area contributed by atoms with Crippen LogP contribution < -0.4 is 5.73 Å². The number of allylic oxidation sites excluding steroid dienone is 1. The molecule has 0 spiro atoms. The number of aliphatic hydroxyl groups excluding tert-OH is 1. The van der Waals surface area contributed by atoms with Crippen molar-refractivity contribution >= 4 is 0 Å². The van der Waals surface area contributed by atoms with E-state index in [9.17, 15) is 0 Å². The normalized spacial score (nSPS) is 17.6. The molecule has 0 saturated carbocycles. The molecule has 10 heavy (non-hydrogen) atoms. The summed E-state index contributed by atoms with van der Waals surface area (Å²) in [7, 11) is 1.57. The second kappa shape index (κ2) is 5.41. The number of aliphatic hydroxyl groups is 1. The molecule has 0 aliphatic rings. The van der Waals surface area contributed by atoms with E-state index in [1.165, 1.54) is 0 Å². The van der Waals surface area contributed by atoms with Crippen molar-refractivity contribution in [1.82, 2.24) is 0 Å². The van der Waals surface area contributed by atoms with Crippen molar-refractivity contribution in [1.29, 1.82) is 0 Å². The highest BCUT2D eigenvalue weighted by Crippen LogP contribution is 1.96. The lowest BCUT2D eigenvalue weighted by Crippen LogP contribution is -2.37. The molecule has 0 rings (SSSR count). The van der Waals surface area contributed by atoms with E-state index < -0.39 is 0 Å². The van der Waals surface area contributed by atoms with Crippen molar-refractivity contribution in [3.63, 3.8) is 0 Å². The molecule has 0 aromatic carbocycles. The Morgan fingerprint density at radius 2 is 2.30 bits per heavy atom. The molecular formula is C7H15NO2. The van der Waals surface area contributed by atoms with Gasteiger partial charge >= 0.3 is 0 Å². The number of methoxy groups -OCH3 is 1. The summed E-state index contributed by atoms with van der Waals surface area (Å²) < 4.78 is 4.97. The molecule has 0 amide bonds. The van der Waals surface area contributed by atoms with Crippen LogP contribution in [0, 0.1) is 0 Å². The lowest BCUT2D eigenvalue weighted by atomic mass is 10.2. The van der Waals surface area contributed by atoms with Crippen LogP contribution in [0.15, 0.2) is 12.2 Å². The number of nitrogens with two attached hydrogens (primary N) is 1. The highest BCUT2D eigenvalue weighted by Gasteiger charge is 2.11. The van der Waals surface area contributed by atoms with Gasteiger partial charge in [0, 0.05) is 7.11 Å². The highest BCUT2D eigenvalue weighted by atomic mass is 16.5. The molecule has 0 unspecified atom stereocenters. The number of hydrogen-bond acceptors (Lipinski definition) is 3. The van der Waals surface area contributed by atoms with Gasteiger partial charge in [-0.05, 0) is 6.92 Å². The fourth-order valence-corrected chi connectivity index (χ4v) is 0.690. The predicted molar refractivity (Wildman–Crippen MR) is 40.7 cm³/mol. The fraction of sp³-hybridized carbons (Fsp3) is 0.714. The van der Waals surface area contributed by atoms with Crippen molar-refractivity contribution in [2.75, 3.05) is 13.7 Å². The Labute approximate surface area is 61.5 Å². The topological polar surface area (TPSA) is 55.5 Å². The number of ether oxygens (including phenoxy) is 1. The van der Waals surface area contributed by atoms with Crippen LogP contribution >= 0.6 is 0 Å². The summed E-state index contributed by atoms with van der Waals surface area (Å²) in [6, 6.07) is -0.318. The van der Waals surface area contributed by atoms with Crippen LogP contribution in [0.3, 0.4) is 0 Å². The molecule has 3 nitrogen and oxygen atoms in total. The Morgan fingerprint density at radius 1 is 1.70 bits per heavy atom. The molecule has 0 aliphatic carbocycles. The van der Waals surface area contributed by atoms with Crippen LogP contribution in [0.25, 0.3) is 0 Å². The molecule has 0 aromatic rings. The lowest BCUT2D eigenvalue weighted by Gasteiger charge is -2.16. The summed E-state index contributed by atoms with van der Waals surface area (Å²) >= 11 is 0. The van der Waals surface area contributed by atoms with Crippen molar-refractivity contribution in [3.05, 3.63) is 12.2 Å². The Hall–Kier alpha value is -0.380. The first-order valence-electron chi connectivity index (χ1n) is 3.28. The zero-order chi connectivity index (χ0) is 7.98. The Morgan fingerprint density at radius 3 is 2.60 bits per heavy atom. The van der Waals surface area contributed by atoms with Crippen molar-refractivity contribution < 1.29 is 9.84 Å². The summed E-state index contributed by atoms with van der Waals surface area (Å²) in [5, 5.41) is 8.62. The minimum absolute atomic E-state index is 0.0527. The molecule has 0 aromatic heterocycles. The zero-order valence-electron chi connectivity index (χ0n) is 6.45. The second-order valence-electron chi connectivity index (χ2n) is 2.07. The van der Waals surface area contributed by atoms with Crippen LogP contribution in [0.1, 0.15) is 6.92 Å². The summed E-state index contributed by atoms with van der Waals surface area (Å²) in [5.41, 5.74) is 5.49. The van der Waals surface area contributed by atoms with Gasteiger partial charge in [-0.1, -0.05) is 12.2 Å². The molecule has 0 fully saturated rings. The van der Waals surface area contributed by atoms with Crippen LogP contribution in [0.2, 0.25) is 0 Å². The molecule has 3 heteroatoms. The van der Waals surface area contributed by atoms with Crippen LogP contribution in [0.5, 0.6) is 0 Å². The Kier molecular flexibility index (Phi) is 5.20. The number of rotatable bonds is 4. The van der Waals surface area contributed by atoms with E-state index in [-0.39, 0.29) is 18.8 Å². The quantitative estimate of drug-likeness (QED) is 0.543. The van der Waals surface area contributed by atoms with E-state index in [4.69, 9.17) is 15.6 Å². The van der Waals surface area contributed by atoms with E-state index in [2.05, 4.69) is 0 Å². The third kappa shape index (κ3) is 2.96. The smallest absolute Gasteiger partial charge is 0.0925 e. The SMILES string of the molecule is C/C=C/[C@@H](OC)[C@@H](N)CO. The molecule has 60 valence electrons. The van der Waals surface area contributed by atoms with E-state index >= 15 is 0 Å². The standard InChI is InChI=1S/C7H15NO2/c1-3-4-7(10-2)6(8)5-9/h3-4,6-7,9H,5,8H2,1-2H3/b4-3+/t6-,7+/m0/s1. The van der Waals surface area contributed by atoms with Gasteiger partial charge in [-0.3, -0.25) is 0 Å². The molecule has 0 heterocycles. The molecular weight excluding hydrogens is 130 g/mol. The monoisotopic (exact) mass is 145 g/mol. The summed E-state index contributed by atoms with van der Waals surface area (Å²) in [4.78, 5) is 0. The van der Waals surface area contributed by atoms with Crippen molar-refractivity contribution in [2.24, 2.45) is 5.73 Å². The minimum Gasteiger partial charge on any atom is -0.395 e. The first-order valence-corrected chi connectivity index (χ1v) is 3.28. The first-order chi connectivity index (χ1) is 4.76. The molecule has 0 radical (unpaired) electrons. The van der Waals surface area contributed by atoms with Gasteiger partial charge in [0.15, 0.2) is 0 Å². The van der Waals surface area contributed by atoms with Gasteiger partial charge < -0.3 is 15.6 Å². The van der Waals surface area contributed by atoms with Gasteiger partial charge in [-0.15, -0.1) is 0 Å². The maximum atomic E-state index is 8.62. The maximum absolute atomic E-state index is 8.62. The molecule has 0 saturated heterocycles. The Bertz CT molecular complexity index is 104. The largest absolute Gasteiger partial charge is 0.395 e. The fourth-order valence-electron chi connectivity index (χ4n) is 0.690. The van der Waals surface area contributed by atoms with E-state index in [0.29, 0.717) is 0 Å². The summed E-state index contributed by atoms with van der Waals surface area (Å²) in [5.74, 6) is 0. The third-order valence-electron chi connectivity index (χ3n) is 1.29. The molecule has 0 aliphatic heterocycles.